The zero-order valence-electron chi connectivity index (χ0n) is 10.1. The van der Waals surface area contributed by atoms with E-state index in [0.717, 1.165) is 25.6 Å². The smallest absolute Gasteiger partial charge is 0.214 e. The van der Waals surface area contributed by atoms with E-state index in [4.69, 9.17) is 11.6 Å². The van der Waals surface area contributed by atoms with Crippen LogP contribution in [0.5, 0.6) is 0 Å². The fourth-order valence-electron chi connectivity index (χ4n) is 2.22. The van der Waals surface area contributed by atoms with E-state index >= 15 is 0 Å². The van der Waals surface area contributed by atoms with Crippen LogP contribution in [-0.2, 0) is 10.0 Å². The summed E-state index contributed by atoms with van der Waals surface area (Å²) in [4.78, 5) is 2.39. The largest absolute Gasteiger partial charge is 0.300 e. The average Bonchev–Trinajstić information content (AvgIpc) is 3.11. The minimum atomic E-state index is -3.06. The average molecular weight is 281 g/mol. The highest BCUT2D eigenvalue weighted by molar-refractivity contribution is 7.89. The minimum Gasteiger partial charge on any atom is -0.300 e. The van der Waals surface area contributed by atoms with Gasteiger partial charge in [0.2, 0.25) is 10.0 Å². The molecule has 0 amide bonds. The number of alkyl halides is 1. The Labute approximate surface area is 109 Å². The van der Waals surface area contributed by atoms with Gasteiger partial charge in [0.05, 0.1) is 5.75 Å². The summed E-state index contributed by atoms with van der Waals surface area (Å²) in [6.45, 7) is 4.23. The molecular weight excluding hydrogens is 260 g/mol. The van der Waals surface area contributed by atoms with Crippen LogP contribution in [0.2, 0.25) is 0 Å². The first-order chi connectivity index (χ1) is 8.12. The van der Waals surface area contributed by atoms with E-state index in [2.05, 4.69) is 4.90 Å². The first-order valence-corrected chi connectivity index (χ1v) is 8.52. The highest BCUT2D eigenvalue weighted by Crippen LogP contribution is 2.30. The lowest BCUT2D eigenvalue weighted by atomic mass is 10.3. The third-order valence-corrected chi connectivity index (χ3v) is 5.70. The third-order valence-electron chi connectivity index (χ3n) is 3.47. The van der Waals surface area contributed by atoms with Gasteiger partial charge in [-0.05, 0) is 25.2 Å². The lowest BCUT2D eigenvalue weighted by Crippen LogP contribution is -2.49. The van der Waals surface area contributed by atoms with Crippen LogP contribution in [0.3, 0.4) is 0 Å². The van der Waals surface area contributed by atoms with Gasteiger partial charge in [-0.2, -0.15) is 4.31 Å². The molecule has 2 aliphatic rings. The second kappa shape index (κ2) is 5.87. The molecule has 1 heterocycles. The molecule has 0 atom stereocenters. The predicted octanol–water partition coefficient (Wildman–Crippen LogP) is 0.973. The summed E-state index contributed by atoms with van der Waals surface area (Å²) in [5.74, 6) is 1.49. The van der Waals surface area contributed by atoms with Gasteiger partial charge in [0, 0.05) is 38.6 Å². The van der Waals surface area contributed by atoms with Crippen LogP contribution < -0.4 is 0 Å². The van der Waals surface area contributed by atoms with Crippen LogP contribution in [0.25, 0.3) is 0 Å². The second-order valence-electron chi connectivity index (χ2n) is 5.00. The topological polar surface area (TPSA) is 40.6 Å². The number of piperazine rings is 1. The fraction of sp³-hybridized carbons (Fsp3) is 1.00. The maximum Gasteiger partial charge on any atom is 0.214 e. The molecular formula is C11H21ClN2O2S. The SMILES string of the molecule is O=S(=O)(CCCCl)N1CCN(CC2CC2)CC1. The van der Waals surface area contributed by atoms with Crippen molar-refractivity contribution < 1.29 is 8.42 Å². The molecule has 0 N–H and O–H groups in total. The van der Waals surface area contributed by atoms with Gasteiger partial charge in [0.25, 0.3) is 0 Å². The molecule has 0 aromatic rings. The molecule has 2 rings (SSSR count). The minimum absolute atomic E-state index is 0.194. The maximum atomic E-state index is 11.9. The van der Waals surface area contributed by atoms with E-state index in [0.29, 0.717) is 25.4 Å². The van der Waals surface area contributed by atoms with Gasteiger partial charge in [-0.15, -0.1) is 11.6 Å². The zero-order valence-corrected chi connectivity index (χ0v) is 11.7. The highest BCUT2D eigenvalue weighted by atomic mass is 35.5. The molecule has 1 aliphatic carbocycles. The van der Waals surface area contributed by atoms with E-state index in [1.807, 2.05) is 0 Å². The van der Waals surface area contributed by atoms with Crippen molar-refractivity contribution in [2.75, 3.05) is 44.4 Å². The predicted molar refractivity (Wildman–Crippen MR) is 69.9 cm³/mol. The summed E-state index contributed by atoms with van der Waals surface area (Å²) in [5.41, 5.74) is 0. The van der Waals surface area contributed by atoms with E-state index < -0.39 is 10.0 Å². The highest BCUT2D eigenvalue weighted by Gasteiger charge is 2.29. The molecule has 0 unspecified atom stereocenters. The van der Waals surface area contributed by atoms with Gasteiger partial charge in [-0.1, -0.05) is 0 Å². The van der Waals surface area contributed by atoms with Crippen molar-refractivity contribution in [1.82, 2.24) is 9.21 Å². The maximum absolute atomic E-state index is 11.9. The Hall–Kier alpha value is 0.160. The molecule has 1 saturated heterocycles. The number of nitrogens with zero attached hydrogens (tertiary/aromatic N) is 2. The Bertz CT molecular complexity index is 335. The normalized spacial score (nSPS) is 24.1. The van der Waals surface area contributed by atoms with Crippen LogP contribution in [0.1, 0.15) is 19.3 Å². The van der Waals surface area contributed by atoms with Crippen LogP contribution in [-0.4, -0.2) is 62.0 Å². The Morgan fingerprint density at radius 2 is 1.76 bits per heavy atom. The van der Waals surface area contributed by atoms with E-state index in [1.54, 1.807) is 4.31 Å². The van der Waals surface area contributed by atoms with E-state index in [9.17, 15) is 8.42 Å². The van der Waals surface area contributed by atoms with Gasteiger partial charge in [0.1, 0.15) is 0 Å². The first kappa shape index (κ1) is 13.6. The molecule has 0 spiro atoms. The van der Waals surface area contributed by atoms with Crippen LogP contribution >= 0.6 is 11.6 Å². The van der Waals surface area contributed by atoms with Crippen molar-refractivity contribution in [2.24, 2.45) is 5.92 Å². The second-order valence-corrected chi connectivity index (χ2v) is 7.47. The molecule has 1 saturated carbocycles. The quantitative estimate of drug-likeness (QED) is 0.681. The van der Waals surface area contributed by atoms with E-state index in [1.165, 1.54) is 12.8 Å². The van der Waals surface area contributed by atoms with E-state index in [-0.39, 0.29) is 5.75 Å². The Morgan fingerprint density at radius 1 is 1.12 bits per heavy atom. The molecule has 100 valence electrons. The molecule has 1 aliphatic heterocycles. The van der Waals surface area contributed by atoms with Gasteiger partial charge in [-0.25, -0.2) is 8.42 Å². The van der Waals surface area contributed by atoms with Crippen LogP contribution in [0.15, 0.2) is 0 Å². The molecule has 17 heavy (non-hydrogen) atoms. The summed E-state index contributed by atoms with van der Waals surface area (Å²) in [6, 6.07) is 0. The molecule has 2 fully saturated rings. The monoisotopic (exact) mass is 280 g/mol. The Balaban J connectivity index is 1.76. The summed E-state index contributed by atoms with van der Waals surface area (Å²) in [7, 11) is -3.06. The van der Waals surface area contributed by atoms with Crippen LogP contribution in [0.4, 0.5) is 0 Å². The van der Waals surface area contributed by atoms with Gasteiger partial charge < -0.3 is 4.90 Å². The van der Waals surface area contributed by atoms with Crippen molar-refractivity contribution in [3.05, 3.63) is 0 Å². The van der Waals surface area contributed by atoms with Gasteiger partial charge in [-0.3, -0.25) is 0 Å². The lowest BCUT2D eigenvalue weighted by Gasteiger charge is -2.34. The van der Waals surface area contributed by atoms with Crippen LogP contribution in [0, 0.1) is 5.92 Å². The van der Waals surface area contributed by atoms with Crippen molar-refractivity contribution in [1.29, 1.82) is 0 Å². The number of hydrogen-bond acceptors (Lipinski definition) is 3. The Kier molecular flexibility index (Phi) is 4.69. The first-order valence-electron chi connectivity index (χ1n) is 6.38. The summed E-state index contributed by atoms with van der Waals surface area (Å²) in [6.07, 6.45) is 3.26. The van der Waals surface area contributed by atoms with Crippen molar-refractivity contribution in [2.45, 2.75) is 19.3 Å². The summed E-state index contributed by atoms with van der Waals surface area (Å²) >= 11 is 5.54. The fourth-order valence-corrected chi connectivity index (χ4v) is 4.00. The molecule has 4 nitrogen and oxygen atoms in total. The number of hydrogen-bond donors (Lipinski definition) is 0. The molecule has 0 bridgehead atoms. The summed E-state index contributed by atoms with van der Waals surface area (Å²) in [5, 5.41) is 0. The van der Waals surface area contributed by atoms with Crippen molar-refractivity contribution in [3.8, 4) is 0 Å². The molecule has 0 aromatic heterocycles. The molecule has 6 heteroatoms. The number of sulfonamides is 1. The molecule has 0 radical (unpaired) electrons. The third kappa shape index (κ3) is 4.09. The zero-order chi connectivity index (χ0) is 12.3. The lowest BCUT2D eigenvalue weighted by molar-refractivity contribution is 0.182. The standard InChI is InChI=1S/C11H21ClN2O2S/c12-4-1-9-17(15,16)14-7-5-13(6-8-14)10-11-2-3-11/h11H,1-10H2. The molecule has 0 aromatic carbocycles. The van der Waals surface area contributed by atoms with Crippen molar-refractivity contribution >= 4 is 21.6 Å². The van der Waals surface area contributed by atoms with Crippen molar-refractivity contribution in [3.63, 3.8) is 0 Å². The van der Waals surface area contributed by atoms with Gasteiger partial charge >= 0.3 is 0 Å². The summed E-state index contributed by atoms with van der Waals surface area (Å²) < 4.78 is 25.5. The van der Waals surface area contributed by atoms with Gasteiger partial charge in [0.15, 0.2) is 0 Å². The number of rotatable bonds is 6. The number of halogens is 1. The Morgan fingerprint density at radius 3 is 2.29 bits per heavy atom.